The maximum atomic E-state index is 6.92. The Kier molecular flexibility index (Phi) is 17.5. The van der Waals surface area contributed by atoms with Crippen molar-refractivity contribution in [2.24, 2.45) is 10.8 Å². The van der Waals surface area contributed by atoms with Crippen molar-refractivity contribution in [3.05, 3.63) is 199 Å². The summed E-state index contributed by atoms with van der Waals surface area (Å²) in [6.45, 7) is 13.5. The predicted octanol–water partition coefficient (Wildman–Crippen LogP) is 18.6. The highest BCUT2D eigenvalue weighted by Crippen LogP contribution is 2.43. The number of hydrogen-bond acceptors (Lipinski definition) is 8. The largest absolute Gasteiger partial charge is 0.455 e. The van der Waals surface area contributed by atoms with E-state index in [1.54, 1.807) is 0 Å². The van der Waals surface area contributed by atoms with Gasteiger partial charge in [0.2, 0.25) is 0 Å². The van der Waals surface area contributed by atoms with Crippen molar-refractivity contribution in [3.63, 3.8) is 0 Å². The van der Waals surface area contributed by atoms with Crippen LogP contribution in [0.1, 0.15) is 76.3 Å². The van der Waals surface area contributed by atoms with Crippen LogP contribution < -0.4 is 4.90 Å². The van der Waals surface area contributed by atoms with Crippen LogP contribution in [0.5, 0.6) is 0 Å². The van der Waals surface area contributed by atoms with E-state index in [1.807, 2.05) is 0 Å². The van der Waals surface area contributed by atoms with Gasteiger partial charge >= 0.3 is 0 Å². The zero-order chi connectivity index (χ0) is 55.6. The Balaban J connectivity index is 0.773. The molecule has 9 aromatic carbocycles. The first-order valence-corrected chi connectivity index (χ1v) is 30.0. The quantitative estimate of drug-likeness (QED) is 0.0449. The summed E-state index contributed by atoms with van der Waals surface area (Å²) >= 11 is 0. The number of fused-ring (bicyclic) bond motifs is 5. The number of rotatable bonds is 28. The molecule has 8 nitrogen and oxygen atoms in total. The van der Waals surface area contributed by atoms with Crippen LogP contribution in [-0.2, 0) is 41.6 Å². The number of hydrogen-bond donors (Lipinski definition) is 0. The molecular weight excluding hydrogens is 1010 g/mol. The van der Waals surface area contributed by atoms with Gasteiger partial charge in [-0.05, 0) is 143 Å². The second kappa shape index (κ2) is 26.0. The number of ether oxygens (including phenoxy) is 6. The van der Waals surface area contributed by atoms with Crippen LogP contribution in [0.4, 0.5) is 17.1 Å². The minimum absolute atomic E-state index is 0.235. The lowest BCUT2D eigenvalue weighted by atomic mass is 9.84. The maximum Gasteiger partial charge on any atom is 0.143 e. The van der Waals surface area contributed by atoms with E-state index in [-0.39, 0.29) is 10.8 Å². The number of unbranched alkanes of at least 4 members (excludes halogenated alkanes) is 4. The third-order valence-corrected chi connectivity index (χ3v) is 17.3. The van der Waals surface area contributed by atoms with Crippen LogP contribution >= 0.6 is 0 Å². The first-order chi connectivity index (χ1) is 40.5. The SMILES string of the molecule is CCC1(COCCCCCOCc2ccc(-c3ccc(N(c4ccc(-c5cccc6ccccc56)cc4)c4cccc(-c5cccc6c5oc5c(COCCCCCOCC7(CC)COC7)cccc56)c4)cc3)c3ccccc23)COC1. The van der Waals surface area contributed by atoms with Gasteiger partial charge in [0.15, 0.2) is 0 Å². The van der Waals surface area contributed by atoms with Crippen LogP contribution in [0.15, 0.2) is 192 Å². The molecule has 0 unspecified atom stereocenters. The lowest BCUT2D eigenvalue weighted by molar-refractivity contribution is -0.150. The van der Waals surface area contributed by atoms with Gasteiger partial charge in [-0.2, -0.15) is 0 Å². The van der Waals surface area contributed by atoms with Crippen molar-refractivity contribution in [2.45, 2.75) is 78.4 Å². The summed E-state index contributed by atoms with van der Waals surface area (Å²) in [7, 11) is 0. The van der Waals surface area contributed by atoms with Gasteiger partial charge in [0.05, 0.1) is 52.9 Å². The number of nitrogens with zero attached hydrogens (tertiary/aromatic N) is 1. The van der Waals surface area contributed by atoms with E-state index in [0.29, 0.717) is 19.8 Å². The molecule has 3 heterocycles. The van der Waals surface area contributed by atoms with Crippen molar-refractivity contribution in [2.75, 3.05) is 71.0 Å². The maximum absolute atomic E-state index is 6.92. The van der Waals surface area contributed by atoms with Gasteiger partial charge in [-0.1, -0.05) is 166 Å². The van der Waals surface area contributed by atoms with Crippen LogP contribution in [0.2, 0.25) is 0 Å². The molecule has 0 spiro atoms. The molecule has 0 radical (unpaired) electrons. The predicted molar refractivity (Wildman–Crippen MR) is 335 cm³/mol. The highest BCUT2D eigenvalue weighted by atomic mass is 16.5. The first-order valence-electron chi connectivity index (χ1n) is 30.0. The van der Waals surface area contributed by atoms with Gasteiger partial charge in [0.25, 0.3) is 0 Å². The third-order valence-electron chi connectivity index (χ3n) is 17.3. The molecule has 1 aromatic heterocycles. The molecule has 0 saturated carbocycles. The van der Waals surface area contributed by atoms with Crippen molar-refractivity contribution < 1.29 is 32.8 Å². The van der Waals surface area contributed by atoms with Crippen molar-refractivity contribution in [1.82, 2.24) is 0 Å². The normalized spacial score (nSPS) is 14.6. The van der Waals surface area contributed by atoms with E-state index < -0.39 is 0 Å². The Bertz CT molecular complexity index is 3710. The molecule has 2 saturated heterocycles. The highest BCUT2D eigenvalue weighted by Gasteiger charge is 2.37. The van der Waals surface area contributed by atoms with E-state index in [1.165, 1.54) is 43.8 Å². The summed E-state index contributed by atoms with van der Waals surface area (Å²) in [5.74, 6) is 0. The fraction of sp³-hybridized carbons (Fsp3) is 0.324. The molecule has 82 heavy (non-hydrogen) atoms. The minimum atomic E-state index is 0.235. The van der Waals surface area contributed by atoms with E-state index in [2.05, 4.69) is 207 Å². The zero-order valence-electron chi connectivity index (χ0n) is 47.8. The van der Waals surface area contributed by atoms with Gasteiger partial charge in [-0.3, -0.25) is 0 Å². The van der Waals surface area contributed by atoms with Gasteiger partial charge in [0.1, 0.15) is 11.2 Å². The fourth-order valence-electron chi connectivity index (χ4n) is 11.9. The monoisotopic (exact) mass is 1090 g/mol. The Morgan fingerprint density at radius 1 is 0.378 bits per heavy atom. The van der Waals surface area contributed by atoms with E-state index in [0.717, 1.165) is 172 Å². The number of anilines is 3. The molecule has 2 aliphatic heterocycles. The molecule has 0 amide bonds. The standard InChI is InChI=1S/C74H77NO7/c1-3-73(50-80-51-73)48-78-43-13-5-11-41-76-46-58-35-40-66(68-26-10-9-25-65(58)68)56-33-38-61(39-34-56)75(60-36-31-55(32-37-60)64-27-16-20-54-19-7-8-24-63(54)64)62-23-15-21-57(45-62)67-28-18-30-70-69-29-17-22-59(71(69)82-72(67)70)47-77-42-12-6-14-44-79-49-74(4-2)52-81-53-74/h7-10,15-40,45H,3-6,11-14,41-44,46-53H2,1-2H3. The molecule has 12 rings (SSSR count). The fourth-order valence-corrected chi connectivity index (χ4v) is 11.9. The van der Waals surface area contributed by atoms with Crippen LogP contribution in [0.25, 0.3) is 76.9 Å². The minimum Gasteiger partial charge on any atom is -0.455 e. The number of benzene rings is 9. The summed E-state index contributed by atoms with van der Waals surface area (Å²) in [6.07, 6.45) is 8.49. The second-order valence-electron chi connectivity index (χ2n) is 22.9. The molecule has 420 valence electrons. The molecule has 8 heteroatoms. The second-order valence-corrected chi connectivity index (χ2v) is 22.9. The van der Waals surface area contributed by atoms with E-state index in [4.69, 9.17) is 32.8 Å². The average molecular weight is 1090 g/mol. The Morgan fingerprint density at radius 3 is 1.50 bits per heavy atom. The van der Waals surface area contributed by atoms with Crippen molar-refractivity contribution >= 4 is 60.5 Å². The Hall–Kier alpha value is -7.14. The van der Waals surface area contributed by atoms with E-state index >= 15 is 0 Å². The zero-order valence-corrected chi connectivity index (χ0v) is 47.8. The van der Waals surface area contributed by atoms with E-state index in [9.17, 15) is 0 Å². The van der Waals surface area contributed by atoms with Gasteiger partial charge in [-0.15, -0.1) is 0 Å². The first kappa shape index (κ1) is 55.4. The van der Waals surface area contributed by atoms with Crippen molar-refractivity contribution in [1.29, 1.82) is 0 Å². The molecule has 0 atom stereocenters. The molecule has 2 fully saturated rings. The molecule has 10 aromatic rings. The van der Waals surface area contributed by atoms with Gasteiger partial charge in [0, 0.05) is 76.2 Å². The topological polar surface area (TPSA) is 71.8 Å². The molecule has 0 bridgehead atoms. The smallest absolute Gasteiger partial charge is 0.143 e. The lowest BCUT2D eigenvalue weighted by Gasteiger charge is -2.40. The van der Waals surface area contributed by atoms with Crippen LogP contribution in [0, 0.1) is 10.8 Å². The van der Waals surface area contributed by atoms with Crippen LogP contribution in [0.3, 0.4) is 0 Å². The Labute approximate surface area is 483 Å². The van der Waals surface area contributed by atoms with Gasteiger partial charge in [-0.25, -0.2) is 0 Å². The number of para-hydroxylation sites is 2. The van der Waals surface area contributed by atoms with Gasteiger partial charge < -0.3 is 37.7 Å². The van der Waals surface area contributed by atoms with Crippen LogP contribution in [-0.4, -0.2) is 66.1 Å². The molecule has 0 aliphatic carbocycles. The Morgan fingerprint density at radius 2 is 0.878 bits per heavy atom. The summed E-state index contributed by atoms with van der Waals surface area (Å²) in [5.41, 5.74) is 14.5. The summed E-state index contributed by atoms with van der Waals surface area (Å²) in [6, 6.07) is 68.2. The summed E-state index contributed by atoms with van der Waals surface area (Å²) in [5, 5.41) is 7.10. The molecule has 2 aliphatic rings. The molecular formula is C74H77NO7. The average Bonchev–Trinajstić information content (AvgIpc) is 4.12. The van der Waals surface area contributed by atoms with Crippen molar-refractivity contribution in [3.8, 4) is 33.4 Å². The summed E-state index contributed by atoms with van der Waals surface area (Å²) in [4.78, 5) is 2.37. The summed E-state index contributed by atoms with van der Waals surface area (Å²) < 4.78 is 42.5. The highest BCUT2D eigenvalue weighted by molar-refractivity contribution is 6.10. The lowest BCUT2D eigenvalue weighted by Crippen LogP contribution is -2.45. The number of furan rings is 1. The third kappa shape index (κ3) is 12.2. The molecule has 0 N–H and O–H groups in total.